The highest BCUT2D eigenvalue weighted by Crippen LogP contribution is 2.30. The molecule has 0 saturated heterocycles. The molecule has 134 valence electrons. The molecule has 0 radical (unpaired) electrons. The summed E-state index contributed by atoms with van der Waals surface area (Å²) in [7, 11) is 0. The zero-order valence-corrected chi connectivity index (χ0v) is 14.0. The van der Waals surface area contributed by atoms with Crippen molar-refractivity contribution in [2.45, 2.75) is 25.3 Å². The molecular formula is C19H18N2O5. The molecule has 1 aliphatic rings. The summed E-state index contributed by atoms with van der Waals surface area (Å²) in [5.41, 5.74) is 2.16. The van der Waals surface area contributed by atoms with Crippen LogP contribution in [0.15, 0.2) is 42.5 Å². The Kier molecular flexibility index (Phi) is 5.26. The number of hydrogen-bond acceptors (Lipinski definition) is 5. The number of nitro groups is 1. The fraction of sp³-hybridized carbons (Fsp3) is 0.263. The van der Waals surface area contributed by atoms with Crippen LogP contribution in [0.1, 0.15) is 40.4 Å². The van der Waals surface area contributed by atoms with E-state index in [1.807, 2.05) is 18.2 Å². The van der Waals surface area contributed by atoms with Gasteiger partial charge >= 0.3 is 5.69 Å². The number of carbonyl (C=O) groups excluding carboxylic acids is 2. The van der Waals surface area contributed by atoms with Crippen molar-refractivity contribution in [1.82, 2.24) is 5.32 Å². The van der Waals surface area contributed by atoms with Gasteiger partial charge in [0.15, 0.2) is 12.4 Å². The minimum absolute atomic E-state index is 0.0419. The summed E-state index contributed by atoms with van der Waals surface area (Å²) in [6, 6.07) is 11.8. The summed E-state index contributed by atoms with van der Waals surface area (Å²) in [5, 5.41) is 14.0. The van der Waals surface area contributed by atoms with Crippen molar-refractivity contribution < 1.29 is 19.2 Å². The van der Waals surface area contributed by atoms with Gasteiger partial charge in [-0.25, -0.2) is 0 Å². The van der Waals surface area contributed by atoms with Crippen LogP contribution in [0.25, 0.3) is 0 Å². The van der Waals surface area contributed by atoms with E-state index in [0.717, 1.165) is 30.9 Å². The van der Waals surface area contributed by atoms with Crippen molar-refractivity contribution in [2.24, 2.45) is 0 Å². The minimum Gasteiger partial charge on any atom is -0.477 e. The van der Waals surface area contributed by atoms with Crippen LogP contribution in [0.3, 0.4) is 0 Å². The topological polar surface area (TPSA) is 98.5 Å². The van der Waals surface area contributed by atoms with E-state index < -0.39 is 4.92 Å². The number of nitro benzene ring substituents is 1. The molecule has 0 unspecified atom stereocenters. The largest absolute Gasteiger partial charge is 0.477 e. The standard InChI is InChI=1S/C19H18N2O5/c22-11-13-8-9-18(17(10-13)21(24)25)26-12-19(23)20-16-7-3-5-14-4-1-2-6-15(14)16/h1-2,4,6,8-11,16H,3,5,7,12H2,(H,20,23)/t16-/m0/s1. The molecule has 0 fully saturated rings. The molecular weight excluding hydrogens is 336 g/mol. The maximum absolute atomic E-state index is 12.2. The molecule has 26 heavy (non-hydrogen) atoms. The van der Waals surface area contributed by atoms with Gasteiger partial charge in [-0.1, -0.05) is 24.3 Å². The Balaban J connectivity index is 1.65. The van der Waals surface area contributed by atoms with E-state index >= 15 is 0 Å². The third kappa shape index (κ3) is 3.88. The number of aldehydes is 1. The monoisotopic (exact) mass is 354 g/mol. The molecule has 1 aliphatic carbocycles. The van der Waals surface area contributed by atoms with Gasteiger partial charge in [0.25, 0.3) is 5.91 Å². The zero-order chi connectivity index (χ0) is 18.5. The van der Waals surface area contributed by atoms with Gasteiger partial charge in [0.1, 0.15) is 6.29 Å². The average molecular weight is 354 g/mol. The Bertz CT molecular complexity index is 850. The number of amides is 1. The van der Waals surface area contributed by atoms with Crippen LogP contribution in [0, 0.1) is 10.1 Å². The molecule has 1 N–H and O–H groups in total. The summed E-state index contributed by atoms with van der Waals surface area (Å²) in [6.45, 7) is -0.333. The van der Waals surface area contributed by atoms with E-state index in [2.05, 4.69) is 11.4 Å². The number of carbonyl (C=O) groups is 2. The summed E-state index contributed by atoms with van der Waals surface area (Å²) in [5.74, 6) is -0.389. The smallest absolute Gasteiger partial charge is 0.311 e. The van der Waals surface area contributed by atoms with Gasteiger partial charge in [-0.3, -0.25) is 19.7 Å². The molecule has 0 heterocycles. The Hall–Kier alpha value is -3.22. The summed E-state index contributed by atoms with van der Waals surface area (Å²) in [6.07, 6.45) is 3.34. The maximum Gasteiger partial charge on any atom is 0.311 e. The van der Waals surface area contributed by atoms with Crippen molar-refractivity contribution in [1.29, 1.82) is 0 Å². The van der Waals surface area contributed by atoms with Crippen LogP contribution in [-0.2, 0) is 11.2 Å². The van der Waals surface area contributed by atoms with Gasteiger partial charge < -0.3 is 10.1 Å². The second-order valence-corrected chi connectivity index (χ2v) is 6.10. The van der Waals surface area contributed by atoms with E-state index in [0.29, 0.717) is 6.29 Å². The van der Waals surface area contributed by atoms with E-state index in [9.17, 15) is 19.7 Å². The molecule has 0 aliphatic heterocycles. The molecule has 0 bridgehead atoms. The molecule has 2 aromatic carbocycles. The van der Waals surface area contributed by atoms with E-state index in [1.54, 1.807) is 0 Å². The van der Waals surface area contributed by atoms with Crippen LogP contribution < -0.4 is 10.1 Å². The molecule has 1 amide bonds. The molecule has 1 atom stereocenters. The molecule has 7 nitrogen and oxygen atoms in total. The molecule has 3 rings (SSSR count). The lowest BCUT2D eigenvalue weighted by atomic mass is 9.88. The minimum atomic E-state index is -0.641. The van der Waals surface area contributed by atoms with Gasteiger partial charge in [-0.2, -0.15) is 0 Å². The maximum atomic E-state index is 12.2. The molecule has 7 heteroatoms. The number of rotatable bonds is 6. The predicted octanol–water partition coefficient (Wildman–Crippen LogP) is 2.98. The van der Waals surface area contributed by atoms with Crippen LogP contribution in [0.2, 0.25) is 0 Å². The number of hydrogen-bond donors (Lipinski definition) is 1. The Morgan fingerprint density at radius 2 is 2.12 bits per heavy atom. The third-order valence-electron chi connectivity index (χ3n) is 4.38. The summed E-state index contributed by atoms with van der Waals surface area (Å²) >= 11 is 0. The lowest BCUT2D eigenvalue weighted by Gasteiger charge is -2.26. The second kappa shape index (κ2) is 7.77. The van der Waals surface area contributed by atoms with E-state index in [1.165, 1.54) is 17.7 Å². The highest BCUT2D eigenvalue weighted by molar-refractivity contribution is 5.79. The average Bonchev–Trinajstić information content (AvgIpc) is 2.66. The van der Waals surface area contributed by atoms with Crippen molar-refractivity contribution >= 4 is 17.9 Å². The van der Waals surface area contributed by atoms with Crippen molar-refractivity contribution in [3.63, 3.8) is 0 Å². The summed E-state index contributed by atoms with van der Waals surface area (Å²) < 4.78 is 5.32. The quantitative estimate of drug-likeness (QED) is 0.488. The predicted molar refractivity (Wildman–Crippen MR) is 94.2 cm³/mol. The Labute approximate surface area is 150 Å². The first-order valence-corrected chi connectivity index (χ1v) is 8.32. The van der Waals surface area contributed by atoms with Crippen molar-refractivity contribution in [3.8, 4) is 5.75 Å². The lowest BCUT2D eigenvalue weighted by Crippen LogP contribution is -2.34. The molecule has 2 aromatic rings. The van der Waals surface area contributed by atoms with Gasteiger partial charge in [-0.05, 0) is 42.5 Å². The SMILES string of the molecule is O=Cc1ccc(OCC(=O)N[C@H]2CCCc3ccccc32)c([N+](=O)[O-])c1. The third-order valence-corrected chi connectivity index (χ3v) is 4.38. The van der Waals surface area contributed by atoms with Crippen molar-refractivity contribution in [2.75, 3.05) is 6.61 Å². The van der Waals surface area contributed by atoms with Gasteiger partial charge in [0.2, 0.25) is 0 Å². The number of ether oxygens (including phenoxy) is 1. The number of fused-ring (bicyclic) bond motifs is 1. The van der Waals surface area contributed by atoms with Gasteiger partial charge in [0.05, 0.1) is 11.0 Å². The number of nitrogens with one attached hydrogen (secondary N) is 1. The number of nitrogens with zero attached hydrogens (tertiary/aromatic N) is 1. The van der Waals surface area contributed by atoms with Gasteiger partial charge in [-0.15, -0.1) is 0 Å². The lowest BCUT2D eigenvalue weighted by molar-refractivity contribution is -0.385. The van der Waals surface area contributed by atoms with Crippen LogP contribution in [-0.4, -0.2) is 23.7 Å². The van der Waals surface area contributed by atoms with Gasteiger partial charge in [0, 0.05) is 11.6 Å². The zero-order valence-electron chi connectivity index (χ0n) is 14.0. The highest BCUT2D eigenvalue weighted by atomic mass is 16.6. The molecule has 0 aromatic heterocycles. The normalized spacial score (nSPS) is 15.6. The highest BCUT2D eigenvalue weighted by Gasteiger charge is 2.22. The van der Waals surface area contributed by atoms with Crippen LogP contribution >= 0.6 is 0 Å². The fourth-order valence-electron chi connectivity index (χ4n) is 3.16. The first kappa shape index (κ1) is 17.6. The number of aryl methyl sites for hydroxylation is 1. The van der Waals surface area contributed by atoms with E-state index in [4.69, 9.17) is 4.74 Å². The first-order valence-electron chi connectivity index (χ1n) is 8.32. The Morgan fingerprint density at radius 3 is 2.88 bits per heavy atom. The van der Waals surface area contributed by atoms with Crippen molar-refractivity contribution in [3.05, 3.63) is 69.3 Å². The Morgan fingerprint density at radius 1 is 1.31 bits per heavy atom. The fourth-order valence-corrected chi connectivity index (χ4v) is 3.16. The molecule has 0 saturated carbocycles. The molecule has 0 spiro atoms. The first-order chi connectivity index (χ1) is 12.6. The van der Waals surface area contributed by atoms with Crippen LogP contribution in [0.4, 0.5) is 5.69 Å². The van der Waals surface area contributed by atoms with Crippen LogP contribution in [0.5, 0.6) is 5.75 Å². The summed E-state index contributed by atoms with van der Waals surface area (Å²) in [4.78, 5) is 33.4. The number of benzene rings is 2. The van der Waals surface area contributed by atoms with E-state index in [-0.39, 0.29) is 35.6 Å². The second-order valence-electron chi connectivity index (χ2n) is 6.10.